The Balaban J connectivity index is 1.97. The summed E-state index contributed by atoms with van der Waals surface area (Å²) in [5.41, 5.74) is 2.01. The van der Waals surface area contributed by atoms with Crippen LogP contribution in [0.4, 0.5) is 0 Å². The molecular weight excluding hydrogens is 272 g/mol. The van der Waals surface area contributed by atoms with Crippen LogP contribution in [0.1, 0.15) is 15.9 Å². The topological polar surface area (TPSA) is 17.1 Å². The van der Waals surface area contributed by atoms with Crippen LogP contribution >= 0.6 is 23.5 Å². The third-order valence-electron chi connectivity index (χ3n) is 2.77. The molecule has 0 aliphatic heterocycles. The molecule has 0 spiro atoms. The standard InChI is InChI=1S/C16H16OS2/c1-12-4-3-5-15(10-12)19-11-16(17)13-6-8-14(18-2)9-7-13/h3-10H,11H2,1-2H3. The van der Waals surface area contributed by atoms with E-state index in [9.17, 15) is 4.79 Å². The van der Waals surface area contributed by atoms with Crippen molar-refractivity contribution in [2.75, 3.05) is 12.0 Å². The van der Waals surface area contributed by atoms with Crippen LogP contribution in [0.3, 0.4) is 0 Å². The van der Waals surface area contributed by atoms with Gasteiger partial charge in [-0.25, -0.2) is 0 Å². The number of benzene rings is 2. The van der Waals surface area contributed by atoms with Crippen molar-refractivity contribution in [1.29, 1.82) is 0 Å². The molecule has 2 rings (SSSR count). The van der Waals surface area contributed by atoms with E-state index in [1.807, 2.05) is 42.7 Å². The summed E-state index contributed by atoms with van der Waals surface area (Å²) in [7, 11) is 0. The monoisotopic (exact) mass is 288 g/mol. The third kappa shape index (κ3) is 4.15. The number of ketones is 1. The molecule has 0 heterocycles. The fourth-order valence-electron chi connectivity index (χ4n) is 1.71. The summed E-state index contributed by atoms with van der Waals surface area (Å²) in [6.45, 7) is 2.06. The highest BCUT2D eigenvalue weighted by molar-refractivity contribution is 8.00. The molecule has 0 aliphatic rings. The van der Waals surface area contributed by atoms with Gasteiger partial charge in [0.1, 0.15) is 0 Å². The van der Waals surface area contributed by atoms with Crippen molar-refractivity contribution in [2.24, 2.45) is 0 Å². The number of Topliss-reactive ketones (excluding diaryl/α,β-unsaturated/α-hetero) is 1. The number of rotatable bonds is 5. The molecule has 2 aromatic carbocycles. The smallest absolute Gasteiger partial charge is 0.173 e. The molecule has 0 unspecified atom stereocenters. The summed E-state index contributed by atoms with van der Waals surface area (Å²) >= 11 is 3.28. The van der Waals surface area contributed by atoms with Crippen LogP contribution < -0.4 is 0 Å². The molecule has 0 aliphatic carbocycles. The molecule has 3 heteroatoms. The first-order valence-corrected chi connectivity index (χ1v) is 8.27. The van der Waals surface area contributed by atoms with Crippen molar-refractivity contribution >= 4 is 29.3 Å². The second-order valence-electron chi connectivity index (χ2n) is 4.26. The summed E-state index contributed by atoms with van der Waals surface area (Å²) in [5.74, 6) is 0.668. The van der Waals surface area contributed by atoms with E-state index < -0.39 is 0 Å². The van der Waals surface area contributed by atoms with E-state index in [1.54, 1.807) is 23.5 Å². The van der Waals surface area contributed by atoms with Crippen molar-refractivity contribution in [3.8, 4) is 0 Å². The predicted molar refractivity (Wildman–Crippen MR) is 84.5 cm³/mol. The molecule has 0 saturated carbocycles. The Hall–Kier alpha value is -1.19. The van der Waals surface area contributed by atoms with E-state index in [1.165, 1.54) is 10.5 Å². The Morgan fingerprint density at radius 2 is 1.79 bits per heavy atom. The van der Waals surface area contributed by atoms with E-state index in [-0.39, 0.29) is 5.78 Å². The SMILES string of the molecule is CSc1ccc(C(=O)CSc2cccc(C)c2)cc1. The van der Waals surface area contributed by atoms with Gasteiger partial charge in [-0.1, -0.05) is 29.8 Å². The number of aryl methyl sites for hydroxylation is 1. The van der Waals surface area contributed by atoms with Crippen molar-refractivity contribution < 1.29 is 4.79 Å². The minimum Gasteiger partial charge on any atom is -0.293 e. The fraction of sp³-hybridized carbons (Fsp3) is 0.188. The lowest BCUT2D eigenvalue weighted by Crippen LogP contribution is -2.01. The van der Waals surface area contributed by atoms with Crippen molar-refractivity contribution in [3.63, 3.8) is 0 Å². The molecule has 1 nitrogen and oxygen atoms in total. The summed E-state index contributed by atoms with van der Waals surface area (Å²) in [5, 5.41) is 0. The first-order chi connectivity index (χ1) is 9.19. The van der Waals surface area contributed by atoms with Crippen LogP contribution in [0.5, 0.6) is 0 Å². The second-order valence-corrected chi connectivity index (χ2v) is 6.19. The predicted octanol–water partition coefficient (Wildman–Crippen LogP) is 4.69. The van der Waals surface area contributed by atoms with E-state index in [2.05, 4.69) is 19.1 Å². The van der Waals surface area contributed by atoms with Crippen LogP contribution in [0.15, 0.2) is 58.3 Å². The van der Waals surface area contributed by atoms with Gasteiger partial charge in [0.15, 0.2) is 5.78 Å². The lowest BCUT2D eigenvalue weighted by molar-refractivity contribution is 0.102. The number of carbonyl (C=O) groups is 1. The van der Waals surface area contributed by atoms with Crippen LogP contribution in [0.2, 0.25) is 0 Å². The van der Waals surface area contributed by atoms with Crippen molar-refractivity contribution in [3.05, 3.63) is 59.7 Å². The lowest BCUT2D eigenvalue weighted by Gasteiger charge is -2.03. The Morgan fingerprint density at radius 3 is 2.42 bits per heavy atom. The highest BCUT2D eigenvalue weighted by Gasteiger charge is 2.06. The highest BCUT2D eigenvalue weighted by atomic mass is 32.2. The van der Waals surface area contributed by atoms with E-state index >= 15 is 0 Å². The zero-order chi connectivity index (χ0) is 13.7. The third-order valence-corrected chi connectivity index (χ3v) is 4.51. The largest absolute Gasteiger partial charge is 0.293 e. The minimum absolute atomic E-state index is 0.180. The van der Waals surface area contributed by atoms with Gasteiger partial charge < -0.3 is 0 Å². The second kappa shape index (κ2) is 6.83. The Bertz CT molecular complexity index is 561. The molecule has 19 heavy (non-hydrogen) atoms. The summed E-state index contributed by atoms with van der Waals surface area (Å²) in [4.78, 5) is 14.4. The molecule has 0 saturated heterocycles. The van der Waals surface area contributed by atoms with Gasteiger partial charge in [0, 0.05) is 15.4 Å². The van der Waals surface area contributed by atoms with Gasteiger partial charge >= 0.3 is 0 Å². The summed E-state index contributed by atoms with van der Waals surface area (Å²) in [6, 6.07) is 16.0. The van der Waals surface area contributed by atoms with E-state index in [0.29, 0.717) is 5.75 Å². The molecule has 0 aromatic heterocycles. The van der Waals surface area contributed by atoms with Gasteiger partial charge in [-0.05, 0) is 37.4 Å². The molecule has 0 N–H and O–H groups in total. The van der Waals surface area contributed by atoms with Gasteiger partial charge in [0.2, 0.25) is 0 Å². The van der Waals surface area contributed by atoms with Gasteiger partial charge in [-0.2, -0.15) is 0 Å². The first-order valence-electron chi connectivity index (χ1n) is 6.06. The van der Waals surface area contributed by atoms with Gasteiger partial charge in [0.05, 0.1) is 5.75 Å². The molecular formula is C16H16OS2. The Labute approximate surface area is 122 Å². The van der Waals surface area contributed by atoms with E-state index in [4.69, 9.17) is 0 Å². The normalized spacial score (nSPS) is 10.4. The maximum absolute atomic E-state index is 12.1. The number of hydrogen-bond donors (Lipinski definition) is 0. The van der Waals surface area contributed by atoms with Gasteiger partial charge in [-0.3, -0.25) is 4.79 Å². The van der Waals surface area contributed by atoms with Crippen LogP contribution in [0.25, 0.3) is 0 Å². The van der Waals surface area contributed by atoms with Crippen molar-refractivity contribution in [2.45, 2.75) is 16.7 Å². The van der Waals surface area contributed by atoms with Crippen LogP contribution in [-0.2, 0) is 0 Å². The molecule has 2 aromatic rings. The zero-order valence-corrected chi connectivity index (χ0v) is 12.7. The first kappa shape index (κ1) is 14.2. The summed E-state index contributed by atoms with van der Waals surface area (Å²) < 4.78 is 0. The van der Waals surface area contributed by atoms with Gasteiger partial charge in [-0.15, -0.1) is 23.5 Å². The molecule has 0 atom stereocenters. The van der Waals surface area contributed by atoms with Crippen LogP contribution in [0, 0.1) is 6.92 Å². The maximum atomic E-state index is 12.1. The molecule has 98 valence electrons. The minimum atomic E-state index is 0.180. The average Bonchev–Trinajstić information content (AvgIpc) is 2.45. The summed E-state index contributed by atoms with van der Waals surface area (Å²) in [6.07, 6.45) is 2.03. The lowest BCUT2D eigenvalue weighted by atomic mass is 10.1. The van der Waals surface area contributed by atoms with Crippen molar-refractivity contribution in [1.82, 2.24) is 0 Å². The maximum Gasteiger partial charge on any atom is 0.173 e. The van der Waals surface area contributed by atoms with Gasteiger partial charge in [0.25, 0.3) is 0 Å². The number of thioether (sulfide) groups is 2. The fourth-order valence-corrected chi connectivity index (χ4v) is 3.03. The molecule has 0 radical (unpaired) electrons. The molecule has 0 bridgehead atoms. The molecule has 0 fully saturated rings. The number of carbonyl (C=O) groups excluding carboxylic acids is 1. The van der Waals surface area contributed by atoms with Crippen LogP contribution in [-0.4, -0.2) is 17.8 Å². The highest BCUT2D eigenvalue weighted by Crippen LogP contribution is 2.21. The Kier molecular flexibility index (Phi) is 5.11. The Morgan fingerprint density at radius 1 is 1.05 bits per heavy atom. The molecule has 0 amide bonds. The zero-order valence-electron chi connectivity index (χ0n) is 11.1. The average molecular weight is 288 g/mol. The quantitative estimate of drug-likeness (QED) is 0.587. The number of hydrogen-bond acceptors (Lipinski definition) is 3. The van der Waals surface area contributed by atoms with E-state index in [0.717, 1.165) is 10.5 Å².